The van der Waals surface area contributed by atoms with Gasteiger partial charge < -0.3 is 10.2 Å². The van der Waals surface area contributed by atoms with Crippen molar-refractivity contribution < 1.29 is 4.79 Å². The highest BCUT2D eigenvalue weighted by Gasteiger charge is 2.06. The van der Waals surface area contributed by atoms with Crippen LogP contribution in [0.2, 0.25) is 0 Å². The SMILES string of the molecule is CNCCN(C)C(=O)CCCCBr. The van der Waals surface area contributed by atoms with Crippen LogP contribution in [-0.2, 0) is 4.79 Å². The number of likely N-dealkylation sites (N-methyl/N-ethyl adjacent to an activating group) is 2. The predicted molar refractivity (Wildman–Crippen MR) is 59.2 cm³/mol. The molecule has 0 bridgehead atoms. The van der Waals surface area contributed by atoms with Crippen LogP contribution in [0, 0.1) is 0 Å². The molecular weight excluding hydrogens is 232 g/mol. The second kappa shape index (κ2) is 8.51. The lowest BCUT2D eigenvalue weighted by Gasteiger charge is -2.16. The molecule has 13 heavy (non-hydrogen) atoms. The van der Waals surface area contributed by atoms with Gasteiger partial charge in [0.2, 0.25) is 5.91 Å². The van der Waals surface area contributed by atoms with Crippen LogP contribution >= 0.6 is 15.9 Å². The van der Waals surface area contributed by atoms with Crippen molar-refractivity contribution in [3.63, 3.8) is 0 Å². The molecule has 0 radical (unpaired) electrons. The minimum atomic E-state index is 0.246. The molecule has 0 heterocycles. The smallest absolute Gasteiger partial charge is 0.222 e. The molecule has 0 atom stereocenters. The first-order chi connectivity index (χ1) is 6.22. The molecule has 0 aliphatic heterocycles. The van der Waals surface area contributed by atoms with E-state index in [0.29, 0.717) is 6.42 Å². The van der Waals surface area contributed by atoms with Gasteiger partial charge in [0.05, 0.1) is 0 Å². The van der Waals surface area contributed by atoms with E-state index in [2.05, 4.69) is 21.2 Å². The molecule has 0 aromatic rings. The van der Waals surface area contributed by atoms with Crippen molar-refractivity contribution in [3.8, 4) is 0 Å². The molecule has 0 rings (SSSR count). The molecular formula is C9H19BrN2O. The predicted octanol–water partition coefficient (Wildman–Crippen LogP) is 1.23. The Kier molecular flexibility index (Phi) is 8.45. The zero-order valence-electron chi connectivity index (χ0n) is 8.48. The molecule has 4 heteroatoms. The Morgan fingerprint density at radius 3 is 2.69 bits per heavy atom. The second-order valence-corrected chi connectivity index (χ2v) is 3.86. The first kappa shape index (κ1) is 12.9. The third-order valence-corrected chi connectivity index (χ3v) is 2.46. The molecule has 0 aliphatic carbocycles. The standard InChI is InChI=1S/C9H19BrN2O/c1-11-7-8-12(2)9(13)5-3-4-6-10/h11H,3-8H2,1-2H3. The number of hydrogen-bond donors (Lipinski definition) is 1. The van der Waals surface area contributed by atoms with E-state index in [4.69, 9.17) is 0 Å². The Labute approximate surface area is 89.0 Å². The van der Waals surface area contributed by atoms with Crippen LogP contribution < -0.4 is 5.32 Å². The van der Waals surface area contributed by atoms with Crippen LogP contribution in [0.4, 0.5) is 0 Å². The van der Waals surface area contributed by atoms with Crippen LogP contribution in [0.25, 0.3) is 0 Å². The summed E-state index contributed by atoms with van der Waals surface area (Å²) >= 11 is 3.34. The van der Waals surface area contributed by atoms with Crippen LogP contribution in [0.3, 0.4) is 0 Å². The summed E-state index contributed by atoms with van der Waals surface area (Å²) in [4.78, 5) is 13.2. The second-order valence-electron chi connectivity index (χ2n) is 3.06. The summed E-state index contributed by atoms with van der Waals surface area (Å²) in [6, 6.07) is 0. The van der Waals surface area contributed by atoms with Gasteiger partial charge in [-0.3, -0.25) is 4.79 Å². The summed E-state index contributed by atoms with van der Waals surface area (Å²) in [6.07, 6.45) is 2.73. The highest BCUT2D eigenvalue weighted by molar-refractivity contribution is 9.09. The van der Waals surface area contributed by atoms with Crippen molar-refractivity contribution in [2.45, 2.75) is 19.3 Å². The normalized spacial score (nSPS) is 10.1. The van der Waals surface area contributed by atoms with E-state index in [1.165, 1.54) is 0 Å². The van der Waals surface area contributed by atoms with E-state index in [0.717, 1.165) is 31.3 Å². The highest BCUT2D eigenvalue weighted by atomic mass is 79.9. The molecule has 0 saturated carbocycles. The van der Waals surface area contributed by atoms with Gasteiger partial charge in [-0.15, -0.1) is 0 Å². The number of nitrogens with one attached hydrogen (secondary N) is 1. The fraction of sp³-hybridized carbons (Fsp3) is 0.889. The average Bonchev–Trinajstić information content (AvgIpc) is 2.14. The summed E-state index contributed by atoms with van der Waals surface area (Å²) in [5, 5.41) is 4.01. The Balaban J connectivity index is 3.45. The van der Waals surface area contributed by atoms with E-state index in [-0.39, 0.29) is 5.91 Å². The number of unbranched alkanes of at least 4 members (excludes halogenated alkanes) is 1. The lowest BCUT2D eigenvalue weighted by Crippen LogP contribution is -2.32. The van der Waals surface area contributed by atoms with E-state index >= 15 is 0 Å². The maximum absolute atomic E-state index is 11.4. The van der Waals surface area contributed by atoms with E-state index < -0.39 is 0 Å². The zero-order valence-corrected chi connectivity index (χ0v) is 10.1. The molecule has 0 aromatic carbocycles. The molecule has 1 amide bonds. The zero-order chi connectivity index (χ0) is 10.1. The largest absolute Gasteiger partial charge is 0.344 e. The molecule has 1 N–H and O–H groups in total. The maximum atomic E-state index is 11.4. The monoisotopic (exact) mass is 250 g/mol. The van der Waals surface area contributed by atoms with Gasteiger partial charge in [0.25, 0.3) is 0 Å². The van der Waals surface area contributed by atoms with Gasteiger partial charge in [0.1, 0.15) is 0 Å². The summed E-state index contributed by atoms with van der Waals surface area (Å²) in [7, 11) is 3.75. The summed E-state index contributed by atoms with van der Waals surface area (Å²) in [5.41, 5.74) is 0. The maximum Gasteiger partial charge on any atom is 0.222 e. The topological polar surface area (TPSA) is 32.3 Å². The Bertz CT molecular complexity index is 142. The first-order valence-electron chi connectivity index (χ1n) is 4.67. The van der Waals surface area contributed by atoms with E-state index in [9.17, 15) is 4.79 Å². The molecule has 0 fully saturated rings. The molecule has 78 valence electrons. The van der Waals surface area contributed by atoms with Gasteiger partial charge in [-0.05, 0) is 19.9 Å². The van der Waals surface area contributed by atoms with Crippen molar-refractivity contribution in [1.82, 2.24) is 10.2 Å². The highest BCUT2D eigenvalue weighted by Crippen LogP contribution is 2.01. The van der Waals surface area contributed by atoms with E-state index in [1.807, 2.05) is 14.1 Å². The Morgan fingerprint density at radius 1 is 1.46 bits per heavy atom. The number of hydrogen-bond acceptors (Lipinski definition) is 2. The van der Waals surface area contributed by atoms with Crippen molar-refractivity contribution in [2.24, 2.45) is 0 Å². The van der Waals surface area contributed by atoms with Gasteiger partial charge >= 0.3 is 0 Å². The van der Waals surface area contributed by atoms with Crippen LogP contribution in [0.15, 0.2) is 0 Å². The number of carbonyl (C=O) groups excluding carboxylic acids is 1. The molecule has 0 spiro atoms. The Hall–Kier alpha value is -0.0900. The molecule has 3 nitrogen and oxygen atoms in total. The first-order valence-corrected chi connectivity index (χ1v) is 5.79. The minimum absolute atomic E-state index is 0.246. The fourth-order valence-electron chi connectivity index (χ4n) is 0.966. The molecule has 0 saturated heterocycles. The van der Waals surface area contributed by atoms with Crippen molar-refractivity contribution in [1.29, 1.82) is 0 Å². The Morgan fingerprint density at radius 2 is 2.15 bits per heavy atom. The fourth-order valence-corrected chi connectivity index (χ4v) is 1.36. The van der Waals surface area contributed by atoms with Gasteiger partial charge in [-0.1, -0.05) is 15.9 Å². The average molecular weight is 251 g/mol. The number of rotatable bonds is 7. The van der Waals surface area contributed by atoms with Gasteiger partial charge in [-0.2, -0.15) is 0 Å². The third kappa shape index (κ3) is 7.02. The quantitative estimate of drug-likeness (QED) is 0.545. The third-order valence-electron chi connectivity index (χ3n) is 1.90. The molecule has 0 aromatic heterocycles. The van der Waals surface area contributed by atoms with E-state index in [1.54, 1.807) is 4.90 Å². The molecule has 0 unspecified atom stereocenters. The van der Waals surface area contributed by atoms with Crippen LogP contribution in [0.5, 0.6) is 0 Å². The minimum Gasteiger partial charge on any atom is -0.344 e. The van der Waals surface area contributed by atoms with Crippen molar-refractivity contribution in [3.05, 3.63) is 0 Å². The van der Waals surface area contributed by atoms with Crippen molar-refractivity contribution >= 4 is 21.8 Å². The molecule has 0 aliphatic rings. The lowest BCUT2D eigenvalue weighted by molar-refractivity contribution is -0.129. The van der Waals surface area contributed by atoms with Gasteiger partial charge in [0.15, 0.2) is 0 Å². The summed E-state index contributed by atoms with van der Waals surface area (Å²) in [6.45, 7) is 1.66. The number of halogens is 1. The number of nitrogens with zero attached hydrogens (tertiary/aromatic N) is 1. The van der Waals surface area contributed by atoms with Crippen LogP contribution in [-0.4, -0.2) is 43.3 Å². The summed E-state index contributed by atoms with van der Waals surface area (Å²) in [5.74, 6) is 0.246. The van der Waals surface area contributed by atoms with Crippen molar-refractivity contribution in [2.75, 3.05) is 32.5 Å². The number of alkyl halides is 1. The number of amides is 1. The van der Waals surface area contributed by atoms with Crippen LogP contribution in [0.1, 0.15) is 19.3 Å². The summed E-state index contributed by atoms with van der Waals surface area (Å²) < 4.78 is 0. The number of carbonyl (C=O) groups is 1. The van der Waals surface area contributed by atoms with Gasteiger partial charge in [0, 0.05) is 31.9 Å². The lowest BCUT2D eigenvalue weighted by atomic mass is 10.2. The van der Waals surface area contributed by atoms with Gasteiger partial charge in [-0.25, -0.2) is 0 Å².